The number of rotatable bonds is 4. The van der Waals surface area contributed by atoms with Gasteiger partial charge in [0.25, 0.3) is 5.91 Å². The molecule has 2 fully saturated rings. The third kappa shape index (κ3) is 4.18. The van der Waals surface area contributed by atoms with E-state index in [-0.39, 0.29) is 23.3 Å². The van der Waals surface area contributed by atoms with E-state index in [9.17, 15) is 23.1 Å². The molecule has 5 atom stereocenters. The highest BCUT2D eigenvalue weighted by atomic mass is 19.4. The molecule has 2 aromatic rings. The Hall–Kier alpha value is -3.64. The maximum atomic E-state index is 13.3. The summed E-state index contributed by atoms with van der Waals surface area (Å²) in [4.78, 5) is 19.5. The minimum Gasteiger partial charge on any atom is -0.504 e. The van der Waals surface area contributed by atoms with Gasteiger partial charge in [-0.3, -0.25) is 9.69 Å². The molecular weight excluding hydrogens is 531 g/mol. The van der Waals surface area contributed by atoms with Crippen LogP contribution < -0.4 is 9.64 Å². The number of aromatic hydroxyl groups is 1. The average molecular weight is 566 g/mol. The van der Waals surface area contributed by atoms with Gasteiger partial charge in [0, 0.05) is 67.9 Å². The number of carbonyl (C=O) groups excluding carboxylic acids is 1. The molecular formula is C32H34F3N3O3. The van der Waals surface area contributed by atoms with Gasteiger partial charge in [-0.05, 0) is 68.0 Å². The van der Waals surface area contributed by atoms with Crippen molar-refractivity contribution in [2.75, 3.05) is 39.1 Å². The lowest BCUT2D eigenvalue weighted by atomic mass is 9.50. The highest BCUT2D eigenvalue weighted by Gasteiger charge is 2.66. The number of ether oxygens (including phenoxy) is 1. The molecule has 6 nitrogen and oxygen atoms in total. The van der Waals surface area contributed by atoms with E-state index in [1.807, 2.05) is 25.1 Å². The second-order valence-corrected chi connectivity index (χ2v) is 11.9. The highest BCUT2D eigenvalue weighted by Crippen LogP contribution is 2.65. The molecule has 1 saturated carbocycles. The number of likely N-dealkylation sites (tertiary alicyclic amines) is 1. The minimum absolute atomic E-state index is 0.122. The van der Waals surface area contributed by atoms with Crippen LogP contribution >= 0.6 is 0 Å². The Balaban J connectivity index is 1.35. The highest BCUT2D eigenvalue weighted by molar-refractivity contribution is 5.94. The molecule has 1 amide bonds. The van der Waals surface area contributed by atoms with E-state index in [1.165, 1.54) is 17.7 Å². The van der Waals surface area contributed by atoms with Gasteiger partial charge in [-0.1, -0.05) is 12.0 Å². The Morgan fingerprint density at radius 2 is 1.98 bits per heavy atom. The molecule has 2 aliphatic carbocycles. The predicted octanol–water partition coefficient (Wildman–Crippen LogP) is 4.58. The number of hydrogen-bond acceptors (Lipinski definition) is 5. The van der Waals surface area contributed by atoms with Crippen molar-refractivity contribution in [2.45, 2.75) is 55.5 Å². The van der Waals surface area contributed by atoms with Gasteiger partial charge in [-0.15, -0.1) is 6.58 Å². The van der Waals surface area contributed by atoms with Crippen LogP contribution in [0, 0.1) is 17.8 Å². The lowest BCUT2D eigenvalue weighted by Gasteiger charge is -2.60. The fourth-order valence-electron chi connectivity index (χ4n) is 7.96. The van der Waals surface area contributed by atoms with E-state index in [0.29, 0.717) is 23.3 Å². The van der Waals surface area contributed by atoms with E-state index in [2.05, 4.69) is 23.3 Å². The van der Waals surface area contributed by atoms with E-state index in [0.717, 1.165) is 62.2 Å². The molecule has 1 spiro atoms. The van der Waals surface area contributed by atoms with Crippen molar-refractivity contribution in [3.05, 3.63) is 65.2 Å². The zero-order valence-corrected chi connectivity index (χ0v) is 23.5. The summed E-state index contributed by atoms with van der Waals surface area (Å²) in [7, 11) is 5.69. The molecule has 1 N–H and O–H groups in total. The number of anilines is 1. The second-order valence-electron chi connectivity index (χ2n) is 11.9. The van der Waals surface area contributed by atoms with Crippen LogP contribution in [0.4, 0.5) is 18.9 Å². The molecule has 2 aliphatic heterocycles. The van der Waals surface area contributed by atoms with Crippen LogP contribution in [0.25, 0.3) is 0 Å². The van der Waals surface area contributed by atoms with Gasteiger partial charge in [0.05, 0.1) is 11.6 Å². The Labute approximate surface area is 238 Å². The largest absolute Gasteiger partial charge is 0.504 e. The average Bonchev–Trinajstić information content (AvgIpc) is 3.28. The number of piperidine rings is 1. The summed E-state index contributed by atoms with van der Waals surface area (Å²) in [5.41, 5.74) is 2.53. The summed E-state index contributed by atoms with van der Waals surface area (Å²) in [5.74, 6) is 5.91. The maximum Gasteiger partial charge on any atom is 0.416 e. The van der Waals surface area contributed by atoms with Crippen LogP contribution in [0.15, 0.2) is 43.0 Å². The van der Waals surface area contributed by atoms with Crippen molar-refractivity contribution >= 4 is 11.6 Å². The Kier molecular flexibility index (Phi) is 6.53. The molecule has 0 unspecified atom stereocenters. The molecule has 41 heavy (non-hydrogen) atoms. The Morgan fingerprint density at radius 1 is 1.24 bits per heavy atom. The standard InChI is InChI=1S/C32H34F3N3O3/c1-5-15-38-16-14-31-22-11-12-23(37(4)27(40)13-8-19-6-9-20(10-7-19)32(33,34)35)30(31)41-29-26(39)18-24(36(2)3)21(28(29)31)17-25(22)38/h5-7,9-10,18,22-23,25,30,39H,1,11-12,14-17H2,2-4H3/t22-,23-,25+,30-,31-/m0/s1. The number of alkyl halides is 3. The van der Waals surface area contributed by atoms with Gasteiger partial charge in [0.15, 0.2) is 11.5 Å². The van der Waals surface area contributed by atoms with Crippen molar-refractivity contribution in [3.8, 4) is 23.3 Å². The number of likely N-dealkylation sites (N-methyl/N-ethyl adjacent to an activating group) is 1. The SMILES string of the molecule is C=CCN1CC[C@]23c4c5c(N(C)C)cc(O)c4O[C@H]2[C@@H](N(C)C(=O)C#Cc2ccc(C(F)(F)F)cc2)CC[C@H]3[C@H]1C5. The third-order valence-electron chi connectivity index (χ3n) is 9.70. The molecule has 1 saturated heterocycles. The number of amides is 1. The van der Waals surface area contributed by atoms with Crippen molar-refractivity contribution in [3.63, 3.8) is 0 Å². The lowest BCUT2D eigenvalue weighted by Crippen LogP contribution is -2.68. The van der Waals surface area contributed by atoms with Gasteiger partial charge in [-0.25, -0.2) is 0 Å². The summed E-state index contributed by atoms with van der Waals surface area (Å²) in [5, 5.41) is 11.1. The summed E-state index contributed by atoms with van der Waals surface area (Å²) < 4.78 is 45.4. The quantitative estimate of drug-likeness (QED) is 0.435. The number of halogens is 3. The first-order valence-electron chi connectivity index (χ1n) is 14.0. The third-order valence-corrected chi connectivity index (χ3v) is 9.70. The first-order valence-corrected chi connectivity index (χ1v) is 14.0. The van der Waals surface area contributed by atoms with Crippen LogP contribution in [0.5, 0.6) is 11.5 Å². The van der Waals surface area contributed by atoms with Crippen LogP contribution in [-0.4, -0.2) is 73.2 Å². The molecule has 216 valence electrons. The van der Waals surface area contributed by atoms with Crippen LogP contribution in [0.1, 0.15) is 41.5 Å². The van der Waals surface area contributed by atoms with Crippen molar-refractivity contribution < 1.29 is 27.8 Å². The Morgan fingerprint density at radius 3 is 2.63 bits per heavy atom. The number of nitrogens with zero attached hydrogens (tertiary/aromatic N) is 3. The number of carbonyl (C=O) groups is 1. The molecule has 9 heteroatoms. The number of phenolic OH excluding ortho intramolecular Hbond substituents is 1. The molecule has 4 aliphatic rings. The maximum absolute atomic E-state index is 13.3. The molecule has 0 radical (unpaired) electrons. The zero-order valence-electron chi connectivity index (χ0n) is 23.5. The monoisotopic (exact) mass is 565 g/mol. The van der Waals surface area contributed by atoms with Gasteiger partial charge >= 0.3 is 6.18 Å². The number of benzene rings is 2. The normalized spacial score (nSPS) is 27.7. The summed E-state index contributed by atoms with van der Waals surface area (Å²) in [6.45, 7) is 5.66. The number of phenols is 1. The fraction of sp³-hybridized carbons (Fsp3) is 0.469. The van der Waals surface area contributed by atoms with E-state index in [4.69, 9.17) is 4.74 Å². The van der Waals surface area contributed by atoms with Crippen LogP contribution in [0.2, 0.25) is 0 Å². The molecule has 2 aromatic carbocycles. The minimum atomic E-state index is -4.43. The molecule has 0 aromatic heterocycles. The summed E-state index contributed by atoms with van der Waals surface area (Å²) >= 11 is 0. The second kappa shape index (κ2) is 9.73. The van der Waals surface area contributed by atoms with Gasteiger partial charge < -0.3 is 19.6 Å². The van der Waals surface area contributed by atoms with E-state index >= 15 is 0 Å². The summed E-state index contributed by atoms with van der Waals surface area (Å²) in [6.07, 6.45) is 0.528. The van der Waals surface area contributed by atoms with Crippen LogP contribution in [-0.2, 0) is 22.8 Å². The smallest absolute Gasteiger partial charge is 0.416 e. The van der Waals surface area contributed by atoms with Gasteiger partial charge in [-0.2, -0.15) is 13.2 Å². The lowest BCUT2D eigenvalue weighted by molar-refractivity contribution is -0.137. The number of hydrogen-bond donors (Lipinski definition) is 1. The van der Waals surface area contributed by atoms with Gasteiger partial charge in [0.2, 0.25) is 0 Å². The van der Waals surface area contributed by atoms with E-state index < -0.39 is 17.6 Å². The first kappa shape index (κ1) is 27.5. The van der Waals surface area contributed by atoms with Crippen molar-refractivity contribution in [1.29, 1.82) is 0 Å². The van der Waals surface area contributed by atoms with Crippen molar-refractivity contribution in [2.24, 2.45) is 5.92 Å². The molecule has 6 rings (SSSR count). The molecule has 2 heterocycles. The van der Waals surface area contributed by atoms with Crippen molar-refractivity contribution in [1.82, 2.24) is 9.80 Å². The zero-order chi connectivity index (χ0) is 29.3. The van der Waals surface area contributed by atoms with E-state index in [1.54, 1.807) is 18.0 Å². The fourth-order valence-corrected chi connectivity index (χ4v) is 7.96. The topological polar surface area (TPSA) is 56.2 Å². The van der Waals surface area contributed by atoms with Crippen LogP contribution in [0.3, 0.4) is 0 Å². The molecule has 2 bridgehead atoms. The Bertz CT molecular complexity index is 1460. The first-order chi connectivity index (χ1) is 19.5. The predicted molar refractivity (Wildman–Crippen MR) is 150 cm³/mol. The van der Waals surface area contributed by atoms with Gasteiger partial charge in [0.1, 0.15) is 6.10 Å². The summed E-state index contributed by atoms with van der Waals surface area (Å²) in [6, 6.07) is 6.30.